The van der Waals surface area contributed by atoms with E-state index in [9.17, 15) is 4.79 Å². The molecule has 0 unspecified atom stereocenters. The number of quaternary nitrogens is 1. The summed E-state index contributed by atoms with van der Waals surface area (Å²) in [6.07, 6.45) is 0. The molecule has 3 N–H and O–H groups in total. The van der Waals surface area contributed by atoms with Gasteiger partial charge in [0.15, 0.2) is 0 Å². The second kappa shape index (κ2) is 5.46. The Labute approximate surface area is 105 Å². The summed E-state index contributed by atoms with van der Waals surface area (Å²) in [6.45, 7) is 1.17. The summed E-state index contributed by atoms with van der Waals surface area (Å²) in [5.41, 5.74) is 5.35. The molecule has 5 nitrogen and oxygen atoms in total. The summed E-state index contributed by atoms with van der Waals surface area (Å²) >= 11 is 0. The second-order valence-corrected chi connectivity index (χ2v) is 3.86. The fourth-order valence-electron chi connectivity index (χ4n) is 1.67. The molecule has 18 heavy (non-hydrogen) atoms. The predicted molar refractivity (Wildman–Crippen MR) is 68.2 cm³/mol. The minimum Gasteiger partial charge on any atom is -0.497 e. The zero-order valence-corrected chi connectivity index (χ0v) is 10.3. The predicted octanol–water partition coefficient (Wildman–Crippen LogP) is 0.161. The molecule has 1 aromatic carbocycles. The Balaban J connectivity index is 2.37. The Bertz CT molecular complexity index is 576. The Morgan fingerprint density at radius 2 is 1.94 bits per heavy atom. The van der Waals surface area contributed by atoms with Crippen LogP contribution in [-0.4, -0.2) is 23.4 Å². The van der Waals surface area contributed by atoms with Gasteiger partial charge in [0.25, 0.3) is 5.56 Å². The van der Waals surface area contributed by atoms with Gasteiger partial charge in [-0.05, 0) is 30.3 Å². The molecular formula is C13H16N3O2+. The molecule has 0 atom stereocenters. The van der Waals surface area contributed by atoms with Crippen LogP contribution in [0, 0.1) is 0 Å². The highest BCUT2D eigenvalue weighted by Gasteiger charge is 2.03. The SMILES string of the molecule is COc1ccc(-c2ccc(=O)n(CC[NH3+])n2)cc1. The van der Waals surface area contributed by atoms with E-state index in [-0.39, 0.29) is 5.56 Å². The van der Waals surface area contributed by atoms with Crippen molar-refractivity contribution in [2.75, 3.05) is 13.7 Å². The number of methoxy groups -OCH3 is 1. The summed E-state index contributed by atoms with van der Waals surface area (Å²) in [4.78, 5) is 11.5. The molecule has 0 aliphatic rings. The van der Waals surface area contributed by atoms with Crippen molar-refractivity contribution in [3.63, 3.8) is 0 Å². The lowest BCUT2D eigenvalue weighted by Crippen LogP contribution is -2.53. The number of aromatic nitrogens is 2. The lowest BCUT2D eigenvalue weighted by molar-refractivity contribution is -0.370. The minimum atomic E-state index is -0.101. The van der Waals surface area contributed by atoms with Crippen LogP contribution in [0.4, 0.5) is 0 Å². The van der Waals surface area contributed by atoms with Crippen LogP contribution in [0.1, 0.15) is 0 Å². The van der Waals surface area contributed by atoms with Crippen LogP contribution < -0.4 is 16.0 Å². The number of nitrogens with zero attached hydrogens (tertiary/aromatic N) is 2. The molecule has 1 aromatic heterocycles. The largest absolute Gasteiger partial charge is 0.497 e. The normalized spacial score (nSPS) is 10.3. The second-order valence-electron chi connectivity index (χ2n) is 3.86. The van der Waals surface area contributed by atoms with Crippen molar-refractivity contribution in [2.24, 2.45) is 0 Å². The zero-order valence-electron chi connectivity index (χ0n) is 10.3. The third-order valence-electron chi connectivity index (χ3n) is 2.62. The molecule has 0 fully saturated rings. The van der Waals surface area contributed by atoms with Crippen molar-refractivity contribution in [3.05, 3.63) is 46.8 Å². The van der Waals surface area contributed by atoms with Gasteiger partial charge < -0.3 is 10.5 Å². The van der Waals surface area contributed by atoms with Gasteiger partial charge in [0.05, 0.1) is 25.9 Å². The summed E-state index contributed by atoms with van der Waals surface area (Å²) in [5.74, 6) is 0.796. The molecule has 0 amide bonds. The third-order valence-corrected chi connectivity index (χ3v) is 2.62. The standard InChI is InChI=1S/C13H15N3O2/c1-18-11-4-2-10(3-5-11)12-6-7-13(17)16(15-12)9-8-14/h2-7H,8-9,14H2,1H3/p+1. The number of hydrogen-bond donors (Lipinski definition) is 1. The van der Waals surface area contributed by atoms with Gasteiger partial charge >= 0.3 is 0 Å². The van der Waals surface area contributed by atoms with Gasteiger partial charge in [-0.1, -0.05) is 0 Å². The fourth-order valence-corrected chi connectivity index (χ4v) is 1.67. The third kappa shape index (κ3) is 2.57. The first-order chi connectivity index (χ1) is 8.74. The van der Waals surface area contributed by atoms with E-state index in [4.69, 9.17) is 4.74 Å². The van der Waals surface area contributed by atoms with E-state index in [0.717, 1.165) is 17.0 Å². The van der Waals surface area contributed by atoms with Crippen molar-refractivity contribution >= 4 is 0 Å². The molecule has 0 saturated carbocycles. The van der Waals surface area contributed by atoms with E-state index in [1.165, 1.54) is 10.7 Å². The van der Waals surface area contributed by atoms with Crippen molar-refractivity contribution in [1.82, 2.24) is 9.78 Å². The fraction of sp³-hybridized carbons (Fsp3) is 0.231. The summed E-state index contributed by atoms with van der Waals surface area (Å²) in [6, 6.07) is 10.8. The Morgan fingerprint density at radius 3 is 2.56 bits per heavy atom. The topological polar surface area (TPSA) is 71.8 Å². The van der Waals surface area contributed by atoms with E-state index in [2.05, 4.69) is 10.8 Å². The van der Waals surface area contributed by atoms with Crippen LogP contribution in [0.15, 0.2) is 41.2 Å². The van der Waals surface area contributed by atoms with E-state index in [1.54, 1.807) is 13.2 Å². The molecule has 5 heteroatoms. The van der Waals surface area contributed by atoms with Gasteiger partial charge in [0, 0.05) is 11.6 Å². The zero-order chi connectivity index (χ0) is 13.0. The Kier molecular flexibility index (Phi) is 3.74. The van der Waals surface area contributed by atoms with E-state index >= 15 is 0 Å². The first kappa shape index (κ1) is 12.3. The number of benzene rings is 1. The lowest BCUT2D eigenvalue weighted by Gasteiger charge is -2.06. The first-order valence-corrected chi connectivity index (χ1v) is 5.76. The smallest absolute Gasteiger partial charge is 0.266 e. The van der Waals surface area contributed by atoms with Crippen LogP contribution >= 0.6 is 0 Å². The molecule has 0 saturated heterocycles. The summed E-state index contributed by atoms with van der Waals surface area (Å²) in [5, 5.41) is 4.31. The maximum atomic E-state index is 11.5. The van der Waals surface area contributed by atoms with Crippen LogP contribution in [-0.2, 0) is 6.54 Å². The van der Waals surface area contributed by atoms with Crippen LogP contribution in [0.2, 0.25) is 0 Å². The van der Waals surface area contributed by atoms with Gasteiger partial charge in [-0.2, -0.15) is 5.10 Å². The molecular weight excluding hydrogens is 230 g/mol. The van der Waals surface area contributed by atoms with Gasteiger partial charge in [0.1, 0.15) is 5.75 Å². The molecule has 0 aliphatic heterocycles. The molecule has 0 radical (unpaired) electrons. The monoisotopic (exact) mass is 246 g/mol. The van der Waals surface area contributed by atoms with Gasteiger partial charge in [-0.25, -0.2) is 4.68 Å². The van der Waals surface area contributed by atoms with Gasteiger partial charge in [-0.15, -0.1) is 0 Å². The van der Waals surface area contributed by atoms with Gasteiger partial charge in [0.2, 0.25) is 0 Å². The molecule has 0 spiro atoms. The summed E-state index contributed by atoms with van der Waals surface area (Å²) in [7, 11) is 1.63. The van der Waals surface area contributed by atoms with Crippen molar-refractivity contribution < 1.29 is 10.5 Å². The van der Waals surface area contributed by atoms with Crippen molar-refractivity contribution in [3.8, 4) is 17.0 Å². The average molecular weight is 246 g/mol. The molecule has 0 bridgehead atoms. The lowest BCUT2D eigenvalue weighted by atomic mass is 10.1. The summed E-state index contributed by atoms with van der Waals surface area (Å²) < 4.78 is 6.54. The van der Waals surface area contributed by atoms with Crippen molar-refractivity contribution in [1.29, 1.82) is 0 Å². The minimum absolute atomic E-state index is 0.101. The maximum Gasteiger partial charge on any atom is 0.266 e. The Hall–Kier alpha value is -2.14. The van der Waals surface area contributed by atoms with Gasteiger partial charge in [-0.3, -0.25) is 4.79 Å². The highest BCUT2D eigenvalue weighted by atomic mass is 16.5. The van der Waals surface area contributed by atoms with E-state index in [1.807, 2.05) is 24.3 Å². The molecule has 0 aliphatic carbocycles. The molecule has 2 rings (SSSR count). The highest BCUT2D eigenvalue weighted by Crippen LogP contribution is 2.19. The number of hydrogen-bond acceptors (Lipinski definition) is 3. The highest BCUT2D eigenvalue weighted by molar-refractivity contribution is 5.59. The Morgan fingerprint density at radius 1 is 1.22 bits per heavy atom. The number of ether oxygens (including phenoxy) is 1. The maximum absolute atomic E-state index is 11.5. The van der Waals surface area contributed by atoms with Crippen LogP contribution in [0.3, 0.4) is 0 Å². The van der Waals surface area contributed by atoms with E-state index in [0.29, 0.717) is 13.1 Å². The molecule has 1 heterocycles. The number of rotatable bonds is 4. The van der Waals surface area contributed by atoms with Crippen molar-refractivity contribution in [2.45, 2.75) is 6.54 Å². The van der Waals surface area contributed by atoms with E-state index < -0.39 is 0 Å². The quantitative estimate of drug-likeness (QED) is 0.835. The molecule has 94 valence electrons. The average Bonchev–Trinajstić information content (AvgIpc) is 2.42. The van der Waals surface area contributed by atoms with Crippen LogP contribution in [0.5, 0.6) is 5.75 Å². The first-order valence-electron chi connectivity index (χ1n) is 5.76. The van der Waals surface area contributed by atoms with Crippen LogP contribution in [0.25, 0.3) is 11.3 Å². The molecule has 2 aromatic rings.